The van der Waals surface area contributed by atoms with Crippen molar-refractivity contribution in [3.05, 3.63) is 63.6 Å². The molecule has 0 spiro atoms. The first-order valence-corrected chi connectivity index (χ1v) is 6.74. The van der Waals surface area contributed by atoms with E-state index in [9.17, 15) is 9.59 Å². The van der Waals surface area contributed by atoms with Crippen molar-refractivity contribution in [3.8, 4) is 0 Å². The number of aryl methyl sites for hydroxylation is 1. The molecular weight excluding hydrogens is 286 g/mol. The van der Waals surface area contributed by atoms with Crippen LogP contribution in [0.3, 0.4) is 0 Å². The van der Waals surface area contributed by atoms with Gasteiger partial charge in [0, 0.05) is 30.1 Å². The quantitative estimate of drug-likeness (QED) is 0.751. The highest BCUT2D eigenvalue weighted by Crippen LogP contribution is 2.11. The second-order valence-corrected chi connectivity index (χ2v) is 5.21. The Morgan fingerprint density at radius 1 is 1.33 bits per heavy atom. The van der Waals surface area contributed by atoms with Crippen molar-refractivity contribution < 1.29 is 4.79 Å². The molecular formula is C15H15N3O2S. The molecule has 0 aliphatic rings. The number of pyridine rings is 1. The lowest BCUT2D eigenvalue weighted by Crippen LogP contribution is -2.21. The van der Waals surface area contributed by atoms with Crippen LogP contribution in [0.4, 0.5) is 5.69 Å². The standard InChI is InChI=1S/C15H15N3O2S/c1-9-6-13(19)12(8-17-9)15(20)18-11-4-2-10(3-5-11)7-14(16)21/h2-6,8H,7H2,1H3,(H2,16,21)(H,17,19)(H,18,20). The minimum absolute atomic E-state index is 0.0767. The number of amides is 1. The van der Waals surface area contributed by atoms with Crippen LogP contribution in [-0.2, 0) is 6.42 Å². The summed E-state index contributed by atoms with van der Waals surface area (Å²) in [4.78, 5) is 27.0. The van der Waals surface area contributed by atoms with Gasteiger partial charge in [-0.2, -0.15) is 0 Å². The van der Waals surface area contributed by atoms with Crippen molar-refractivity contribution in [2.75, 3.05) is 5.32 Å². The fourth-order valence-corrected chi connectivity index (χ4v) is 2.02. The van der Waals surface area contributed by atoms with Crippen LogP contribution in [0, 0.1) is 6.92 Å². The maximum Gasteiger partial charge on any atom is 0.261 e. The third-order valence-electron chi connectivity index (χ3n) is 2.89. The number of hydrogen-bond donors (Lipinski definition) is 3. The van der Waals surface area contributed by atoms with E-state index in [0.717, 1.165) is 5.56 Å². The van der Waals surface area contributed by atoms with E-state index in [0.29, 0.717) is 22.8 Å². The fraction of sp³-hybridized carbons (Fsp3) is 0.133. The summed E-state index contributed by atoms with van der Waals surface area (Å²) in [6.45, 7) is 1.75. The molecule has 0 saturated carbocycles. The minimum Gasteiger partial charge on any atom is -0.393 e. The number of carbonyl (C=O) groups excluding carboxylic acids is 1. The van der Waals surface area contributed by atoms with Crippen LogP contribution in [0.25, 0.3) is 0 Å². The van der Waals surface area contributed by atoms with E-state index in [4.69, 9.17) is 18.0 Å². The number of nitrogens with one attached hydrogen (secondary N) is 2. The molecule has 21 heavy (non-hydrogen) atoms. The molecule has 1 aromatic heterocycles. The average molecular weight is 301 g/mol. The zero-order valence-corrected chi connectivity index (χ0v) is 12.3. The Morgan fingerprint density at radius 2 is 2.00 bits per heavy atom. The van der Waals surface area contributed by atoms with Gasteiger partial charge < -0.3 is 16.0 Å². The Balaban J connectivity index is 2.12. The summed E-state index contributed by atoms with van der Waals surface area (Å²) in [5.41, 5.74) is 7.51. The van der Waals surface area contributed by atoms with Crippen LogP contribution in [0.5, 0.6) is 0 Å². The summed E-state index contributed by atoms with van der Waals surface area (Å²) in [7, 11) is 0. The summed E-state index contributed by atoms with van der Waals surface area (Å²) in [5, 5.41) is 2.68. The van der Waals surface area contributed by atoms with Gasteiger partial charge in [0.2, 0.25) is 0 Å². The predicted octanol–water partition coefficient (Wildman–Crippen LogP) is 1.76. The molecule has 2 rings (SSSR count). The van der Waals surface area contributed by atoms with Crippen molar-refractivity contribution in [2.24, 2.45) is 5.73 Å². The number of aromatic amines is 1. The molecule has 0 radical (unpaired) electrons. The number of H-pyrrole nitrogens is 1. The van der Waals surface area contributed by atoms with Gasteiger partial charge in [-0.3, -0.25) is 9.59 Å². The molecule has 0 fully saturated rings. The zero-order valence-electron chi connectivity index (χ0n) is 11.5. The Bertz CT molecular complexity index is 735. The number of aromatic nitrogens is 1. The maximum absolute atomic E-state index is 12.0. The molecule has 6 heteroatoms. The maximum atomic E-state index is 12.0. The predicted molar refractivity (Wildman–Crippen MR) is 86.7 cm³/mol. The van der Waals surface area contributed by atoms with E-state index in [1.807, 2.05) is 12.1 Å². The SMILES string of the molecule is Cc1cc(=O)c(C(=O)Nc2ccc(CC(N)=S)cc2)c[nH]1. The second kappa shape index (κ2) is 6.32. The lowest BCUT2D eigenvalue weighted by molar-refractivity contribution is 0.102. The summed E-state index contributed by atoms with van der Waals surface area (Å²) < 4.78 is 0. The molecule has 0 aliphatic carbocycles. The Morgan fingerprint density at radius 3 is 2.57 bits per heavy atom. The average Bonchev–Trinajstić information content (AvgIpc) is 2.40. The largest absolute Gasteiger partial charge is 0.393 e. The van der Waals surface area contributed by atoms with E-state index < -0.39 is 5.91 Å². The summed E-state index contributed by atoms with van der Waals surface area (Å²) in [5.74, 6) is -0.446. The van der Waals surface area contributed by atoms with Crippen LogP contribution >= 0.6 is 12.2 Å². The molecule has 0 unspecified atom stereocenters. The van der Waals surface area contributed by atoms with E-state index in [1.54, 1.807) is 19.1 Å². The van der Waals surface area contributed by atoms with Crippen molar-refractivity contribution in [3.63, 3.8) is 0 Å². The Kier molecular flexibility index (Phi) is 4.49. The molecule has 0 saturated heterocycles. The molecule has 1 amide bonds. The van der Waals surface area contributed by atoms with Crippen LogP contribution < -0.4 is 16.5 Å². The molecule has 1 aromatic carbocycles. The lowest BCUT2D eigenvalue weighted by Gasteiger charge is -2.06. The van der Waals surface area contributed by atoms with E-state index in [-0.39, 0.29) is 11.0 Å². The van der Waals surface area contributed by atoms with Crippen molar-refractivity contribution in [1.29, 1.82) is 0 Å². The van der Waals surface area contributed by atoms with Crippen LogP contribution in [0.15, 0.2) is 41.3 Å². The number of thiocarbonyl (C=S) groups is 1. The number of nitrogens with two attached hydrogens (primary N) is 1. The minimum atomic E-state index is -0.446. The smallest absolute Gasteiger partial charge is 0.261 e. The first-order valence-electron chi connectivity index (χ1n) is 6.33. The first-order chi connectivity index (χ1) is 9.95. The van der Waals surface area contributed by atoms with Gasteiger partial charge in [-0.05, 0) is 24.6 Å². The van der Waals surface area contributed by atoms with Crippen molar-refractivity contribution in [2.45, 2.75) is 13.3 Å². The highest BCUT2D eigenvalue weighted by Gasteiger charge is 2.10. The molecule has 2 aromatic rings. The molecule has 0 aliphatic heterocycles. The molecule has 4 N–H and O–H groups in total. The first kappa shape index (κ1) is 14.9. The van der Waals surface area contributed by atoms with Gasteiger partial charge in [-0.25, -0.2) is 0 Å². The molecule has 0 atom stereocenters. The van der Waals surface area contributed by atoms with Gasteiger partial charge in [0.05, 0.1) is 4.99 Å². The number of hydrogen-bond acceptors (Lipinski definition) is 3. The van der Waals surface area contributed by atoms with Gasteiger partial charge in [-0.15, -0.1) is 0 Å². The van der Waals surface area contributed by atoms with Gasteiger partial charge in [0.1, 0.15) is 5.56 Å². The third-order valence-corrected chi connectivity index (χ3v) is 3.04. The molecule has 0 bridgehead atoms. The molecule has 5 nitrogen and oxygen atoms in total. The fourth-order valence-electron chi connectivity index (χ4n) is 1.86. The van der Waals surface area contributed by atoms with Gasteiger partial charge in [0.15, 0.2) is 5.43 Å². The molecule has 108 valence electrons. The van der Waals surface area contributed by atoms with Gasteiger partial charge >= 0.3 is 0 Å². The number of anilines is 1. The number of carbonyl (C=O) groups is 1. The third kappa shape index (κ3) is 4.00. The van der Waals surface area contributed by atoms with Crippen LogP contribution in [-0.4, -0.2) is 15.9 Å². The number of rotatable bonds is 4. The van der Waals surface area contributed by atoms with E-state index >= 15 is 0 Å². The Labute approximate surface area is 127 Å². The van der Waals surface area contributed by atoms with Crippen molar-refractivity contribution >= 4 is 28.8 Å². The Hall–Kier alpha value is -2.47. The topological polar surface area (TPSA) is 88.0 Å². The van der Waals surface area contributed by atoms with E-state index in [2.05, 4.69) is 10.3 Å². The van der Waals surface area contributed by atoms with Gasteiger partial charge in [0.25, 0.3) is 5.91 Å². The van der Waals surface area contributed by atoms with E-state index in [1.165, 1.54) is 12.3 Å². The van der Waals surface area contributed by atoms with Crippen LogP contribution in [0.1, 0.15) is 21.6 Å². The van der Waals surface area contributed by atoms with Crippen molar-refractivity contribution in [1.82, 2.24) is 4.98 Å². The second-order valence-electron chi connectivity index (χ2n) is 4.69. The monoisotopic (exact) mass is 301 g/mol. The summed E-state index contributed by atoms with van der Waals surface area (Å²) in [6.07, 6.45) is 1.93. The van der Waals surface area contributed by atoms with Gasteiger partial charge in [-0.1, -0.05) is 24.4 Å². The summed E-state index contributed by atoms with van der Waals surface area (Å²) >= 11 is 4.84. The van der Waals surface area contributed by atoms with Crippen LogP contribution in [0.2, 0.25) is 0 Å². The summed E-state index contributed by atoms with van der Waals surface area (Å²) in [6, 6.07) is 8.53. The zero-order chi connectivity index (χ0) is 15.4. The molecule has 1 heterocycles. The normalized spacial score (nSPS) is 10.1. The lowest BCUT2D eigenvalue weighted by atomic mass is 10.1. The number of benzene rings is 1. The highest BCUT2D eigenvalue weighted by molar-refractivity contribution is 7.80. The highest BCUT2D eigenvalue weighted by atomic mass is 32.1.